The lowest BCUT2D eigenvalue weighted by atomic mass is 10.2. The van der Waals surface area contributed by atoms with E-state index >= 15 is 0 Å². The monoisotopic (exact) mass is 148 g/mol. The molecule has 5 N–H and O–H groups in total. The molecular formula is C4H8N2O4. The average Bonchev–Trinajstić information content (AvgIpc) is 1.56. The lowest BCUT2D eigenvalue weighted by Crippen LogP contribution is -2.54. The van der Waals surface area contributed by atoms with E-state index < -0.39 is 18.2 Å². The van der Waals surface area contributed by atoms with Crippen molar-refractivity contribution in [3.8, 4) is 0 Å². The molecule has 0 amide bonds. The van der Waals surface area contributed by atoms with E-state index in [2.05, 4.69) is 4.99 Å². The quantitative estimate of drug-likeness (QED) is 0.240. The molecule has 6 heteroatoms. The topological polar surface area (TPSA) is 105 Å². The molecular weight excluding hydrogens is 140 g/mol. The van der Waals surface area contributed by atoms with E-state index in [1.54, 1.807) is 0 Å². The number of nitrogens with zero attached hydrogens (tertiary/aromatic N) is 1. The van der Waals surface area contributed by atoms with Crippen LogP contribution in [0.5, 0.6) is 0 Å². The van der Waals surface area contributed by atoms with Gasteiger partial charge in [0.2, 0.25) is 0 Å². The number of rotatable bonds is 0. The van der Waals surface area contributed by atoms with Crippen LogP contribution in [0, 0.1) is 0 Å². The second kappa shape index (κ2) is 1.89. The van der Waals surface area contributed by atoms with Crippen molar-refractivity contribution < 1.29 is 20.4 Å². The van der Waals surface area contributed by atoms with Gasteiger partial charge in [0.1, 0.15) is 0 Å². The van der Waals surface area contributed by atoms with Crippen molar-refractivity contribution in [3.05, 3.63) is 0 Å². The summed E-state index contributed by atoms with van der Waals surface area (Å²) >= 11 is 0. The maximum Gasteiger partial charge on any atom is 0.273 e. The van der Waals surface area contributed by atoms with E-state index in [0.717, 1.165) is 6.34 Å². The first-order chi connectivity index (χ1) is 4.41. The SMILES string of the molecule is OC1(O)CC(O)(O)NC=N1. The van der Waals surface area contributed by atoms with Crippen molar-refractivity contribution in [2.75, 3.05) is 0 Å². The standard InChI is InChI=1S/C4H8N2O4/c7-3(8)1-4(9,10)6-2-5-3/h2,7-10H,1H2,(H,5,6). The van der Waals surface area contributed by atoms with Gasteiger partial charge in [-0.1, -0.05) is 0 Å². The van der Waals surface area contributed by atoms with Gasteiger partial charge in [-0.15, -0.1) is 0 Å². The summed E-state index contributed by atoms with van der Waals surface area (Å²) in [7, 11) is 0. The number of hydrogen-bond acceptors (Lipinski definition) is 6. The zero-order chi connectivity index (χ0) is 7.83. The Hall–Kier alpha value is -0.690. The zero-order valence-corrected chi connectivity index (χ0v) is 5.02. The summed E-state index contributed by atoms with van der Waals surface area (Å²) < 4.78 is 0. The Bertz CT molecular complexity index is 165. The van der Waals surface area contributed by atoms with E-state index in [0.29, 0.717) is 0 Å². The summed E-state index contributed by atoms with van der Waals surface area (Å²) in [6.45, 7) is 0. The van der Waals surface area contributed by atoms with Crippen molar-refractivity contribution in [2.24, 2.45) is 4.99 Å². The minimum Gasteiger partial charge on any atom is -0.349 e. The van der Waals surface area contributed by atoms with Crippen molar-refractivity contribution in [1.82, 2.24) is 5.32 Å². The second-order valence-corrected chi connectivity index (χ2v) is 2.17. The van der Waals surface area contributed by atoms with E-state index in [1.807, 2.05) is 5.32 Å². The Balaban J connectivity index is 2.73. The Labute approximate surface area is 56.5 Å². The van der Waals surface area contributed by atoms with Crippen LogP contribution in [-0.4, -0.2) is 38.6 Å². The molecule has 1 heterocycles. The first-order valence-electron chi connectivity index (χ1n) is 2.62. The highest BCUT2D eigenvalue weighted by Gasteiger charge is 2.38. The van der Waals surface area contributed by atoms with Crippen LogP contribution in [0.4, 0.5) is 0 Å². The molecule has 0 unspecified atom stereocenters. The van der Waals surface area contributed by atoms with Crippen LogP contribution < -0.4 is 5.32 Å². The lowest BCUT2D eigenvalue weighted by molar-refractivity contribution is -0.264. The maximum absolute atomic E-state index is 8.74. The normalized spacial score (nSPS) is 27.6. The fourth-order valence-corrected chi connectivity index (χ4v) is 0.666. The first-order valence-corrected chi connectivity index (χ1v) is 2.62. The minimum absolute atomic E-state index is 0.684. The lowest BCUT2D eigenvalue weighted by Gasteiger charge is -2.30. The molecule has 1 rings (SSSR count). The molecule has 0 aromatic rings. The van der Waals surface area contributed by atoms with Gasteiger partial charge in [0.25, 0.3) is 11.8 Å². The van der Waals surface area contributed by atoms with E-state index in [-0.39, 0.29) is 0 Å². The molecule has 0 fully saturated rings. The van der Waals surface area contributed by atoms with Gasteiger partial charge in [-0.2, -0.15) is 0 Å². The summed E-state index contributed by atoms with van der Waals surface area (Å²) in [5.41, 5.74) is 0. The largest absolute Gasteiger partial charge is 0.349 e. The smallest absolute Gasteiger partial charge is 0.273 e. The van der Waals surface area contributed by atoms with E-state index in [9.17, 15) is 0 Å². The highest BCUT2D eigenvalue weighted by molar-refractivity contribution is 5.56. The molecule has 58 valence electrons. The van der Waals surface area contributed by atoms with Crippen LogP contribution in [0.1, 0.15) is 6.42 Å². The Kier molecular flexibility index (Phi) is 1.41. The molecule has 0 atom stereocenters. The average molecular weight is 148 g/mol. The van der Waals surface area contributed by atoms with Crippen LogP contribution in [0.2, 0.25) is 0 Å². The van der Waals surface area contributed by atoms with Crippen LogP contribution in [-0.2, 0) is 0 Å². The predicted molar refractivity (Wildman–Crippen MR) is 30.6 cm³/mol. The van der Waals surface area contributed by atoms with Crippen molar-refractivity contribution in [3.63, 3.8) is 0 Å². The van der Waals surface area contributed by atoms with Crippen LogP contribution in [0.25, 0.3) is 0 Å². The molecule has 0 aromatic carbocycles. The Morgan fingerprint density at radius 3 is 2.20 bits per heavy atom. The number of nitrogens with one attached hydrogen (secondary N) is 1. The minimum atomic E-state index is -2.38. The van der Waals surface area contributed by atoms with Crippen LogP contribution >= 0.6 is 0 Å². The third-order valence-corrected chi connectivity index (χ3v) is 1.05. The fraction of sp³-hybridized carbons (Fsp3) is 0.750. The number of aliphatic hydroxyl groups is 4. The molecule has 0 aromatic heterocycles. The van der Waals surface area contributed by atoms with Gasteiger partial charge in [-0.05, 0) is 0 Å². The van der Waals surface area contributed by atoms with Crippen LogP contribution in [0.15, 0.2) is 4.99 Å². The van der Waals surface area contributed by atoms with Gasteiger partial charge >= 0.3 is 0 Å². The van der Waals surface area contributed by atoms with Gasteiger partial charge in [-0.3, -0.25) is 0 Å². The van der Waals surface area contributed by atoms with Gasteiger partial charge in [0, 0.05) is 0 Å². The summed E-state index contributed by atoms with van der Waals surface area (Å²) in [5, 5.41) is 36.9. The highest BCUT2D eigenvalue weighted by atomic mass is 16.6. The third-order valence-electron chi connectivity index (χ3n) is 1.05. The molecule has 0 saturated carbocycles. The van der Waals surface area contributed by atoms with Gasteiger partial charge in [0.05, 0.1) is 12.8 Å². The number of aliphatic imine (C=N–C) groups is 1. The second-order valence-electron chi connectivity index (χ2n) is 2.17. The zero-order valence-electron chi connectivity index (χ0n) is 5.02. The molecule has 1 aliphatic heterocycles. The van der Waals surface area contributed by atoms with Gasteiger partial charge in [-0.25, -0.2) is 4.99 Å². The Morgan fingerprint density at radius 2 is 1.90 bits per heavy atom. The summed E-state index contributed by atoms with van der Waals surface area (Å²) in [6, 6.07) is 0. The third kappa shape index (κ3) is 1.64. The van der Waals surface area contributed by atoms with Gasteiger partial charge < -0.3 is 25.7 Å². The summed E-state index contributed by atoms with van der Waals surface area (Å²) in [6.07, 6.45) is 0.139. The van der Waals surface area contributed by atoms with Gasteiger partial charge in [0.15, 0.2) is 0 Å². The molecule has 0 saturated heterocycles. The Morgan fingerprint density at radius 1 is 1.30 bits per heavy atom. The van der Waals surface area contributed by atoms with Crippen molar-refractivity contribution in [1.29, 1.82) is 0 Å². The maximum atomic E-state index is 8.74. The molecule has 10 heavy (non-hydrogen) atoms. The molecule has 6 nitrogen and oxygen atoms in total. The van der Waals surface area contributed by atoms with Crippen molar-refractivity contribution >= 4 is 6.34 Å². The summed E-state index contributed by atoms with van der Waals surface area (Å²) in [5.74, 6) is -4.67. The van der Waals surface area contributed by atoms with Crippen LogP contribution in [0.3, 0.4) is 0 Å². The molecule has 0 spiro atoms. The molecule has 0 radical (unpaired) electrons. The highest BCUT2D eigenvalue weighted by Crippen LogP contribution is 2.17. The van der Waals surface area contributed by atoms with Crippen molar-refractivity contribution in [2.45, 2.75) is 18.2 Å². The summed E-state index contributed by atoms with van der Waals surface area (Å²) in [4.78, 5) is 3.11. The molecule has 1 aliphatic rings. The molecule has 0 bridgehead atoms. The predicted octanol–water partition coefficient (Wildman–Crippen LogP) is -2.72. The van der Waals surface area contributed by atoms with E-state index in [4.69, 9.17) is 20.4 Å². The molecule has 0 aliphatic carbocycles. The fourth-order valence-electron chi connectivity index (χ4n) is 0.666. The number of hydrogen-bond donors (Lipinski definition) is 5. The van der Waals surface area contributed by atoms with E-state index in [1.165, 1.54) is 0 Å². The first kappa shape index (κ1) is 7.42.